The van der Waals surface area contributed by atoms with Crippen LogP contribution >= 0.6 is 0 Å². The van der Waals surface area contributed by atoms with E-state index in [0.717, 1.165) is 28.2 Å². The summed E-state index contributed by atoms with van der Waals surface area (Å²) in [6.07, 6.45) is 5.43. The Morgan fingerprint density at radius 3 is 2.52 bits per heavy atom. The molecule has 0 radical (unpaired) electrons. The minimum atomic E-state index is -0.0659. The highest BCUT2D eigenvalue weighted by atomic mass is 16.1. The fraction of sp³-hybridized carbons (Fsp3) is 0.130. The maximum Gasteiger partial charge on any atom is 0.224 e. The summed E-state index contributed by atoms with van der Waals surface area (Å²) in [7, 11) is 0. The summed E-state index contributed by atoms with van der Waals surface area (Å²) < 4.78 is 0. The van der Waals surface area contributed by atoms with Crippen molar-refractivity contribution in [2.45, 2.75) is 19.9 Å². The summed E-state index contributed by atoms with van der Waals surface area (Å²) >= 11 is 0. The molecule has 0 unspecified atom stereocenters. The summed E-state index contributed by atoms with van der Waals surface area (Å²) in [6.45, 7) is 2.37. The minimum Gasteiger partial charge on any atom is -0.349 e. The maximum atomic E-state index is 12.3. The third-order valence-electron chi connectivity index (χ3n) is 4.57. The maximum absolute atomic E-state index is 12.3. The van der Waals surface area contributed by atoms with Crippen molar-refractivity contribution in [3.8, 4) is 22.6 Å². The van der Waals surface area contributed by atoms with Crippen LogP contribution in [0.15, 0.2) is 73.2 Å². The summed E-state index contributed by atoms with van der Waals surface area (Å²) in [4.78, 5) is 28.8. The van der Waals surface area contributed by atoms with Gasteiger partial charge in [-0.25, -0.2) is 4.98 Å². The number of rotatable bonds is 6. The zero-order chi connectivity index (χ0) is 20.1. The molecule has 0 saturated carbocycles. The third kappa shape index (κ3) is 4.55. The van der Waals surface area contributed by atoms with Crippen LogP contribution in [0.4, 0.5) is 0 Å². The second-order valence-electron chi connectivity index (χ2n) is 6.80. The van der Waals surface area contributed by atoms with Crippen molar-refractivity contribution in [2.75, 3.05) is 0 Å². The Morgan fingerprint density at radius 1 is 1.00 bits per heavy atom. The van der Waals surface area contributed by atoms with Gasteiger partial charge in [0, 0.05) is 24.2 Å². The molecule has 0 aliphatic rings. The first-order valence-corrected chi connectivity index (χ1v) is 9.42. The third-order valence-corrected chi connectivity index (χ3v) is 4.57. The van der Waals surface area contributed by atoms with Crippen LogP contribution < -0.4 is 5.32 Å². The zero-order valence-electron chi connectivity index (χ0n) is 16.1. The van der Waals surface area contributed by atoms with Crippen LogP contribution in [0.3, 0.4) is 0 Å². The molecule has 0 saturated heterocycles. The first-order valence-electron chi connectivity index (χ1n) is 9.42. The number of amides is 1. The van der Waals surface area contributed by atoms with Gasteiger partial charge in [-0.2, -0.15) is 0 Å². The van der Waals surface area contributed by atoms with Gasteiger partial charge in [-0.15, -0.1) is 0 Å². The molecule has 0 fully saturated rings. The van der Waals surface area contributed by atoms with Gasteiger partial charge in [-0.3, -0.25) is 14.8 Å². The largest absolute Gasteiger partial charge is 0.349 e. The van der Waals surface area contributed by atoms with E-state index in [-0.39, 0.29) is 5.91 Å². The predicted octanol–water partition coefficient (Wildman–Crippen LogP) is 3.70. The molecule has 0 atom stereocenters. The Bertz CT molecular complexity index is 1090. The van der Waals surface area contributed by atoms with Crippen LogP contribution in [0.1, 0.15) is 17.0 Å². The van der Waals surface area contributed by atoms with Crippen molar-refractivity contribution in [2.24, 2.45) is 0 Å². The van der Waals surface area contributed by atoms with Gasteiger partial charge in [0.05, 0.1) is 30.0 Å². The predicted molar refractivity (Wildman–Crippen MR) is 112 cm³/mol. The molecular formula is C23H21N5O. The van der Waals surface area contributed by atoms with Gasteiger partial charge in [0.25, 0.3) is 0 Å². The van der Waals surface area contributed by atoms with Crippen molar-refractivity contribution in [1.29, 1.82) is 0 Å². The fourth-order valence-electron chi connectivity index (χ4n) is 3.05. The van der Waals surface area contributed by atoms with E-state index >= 15 is 0 Å². The molecule has 0 spiro atoms. The lowest BCUT2D eigenvalue weighted by molar-refractivity contribution is -0.120. The van der Waals surface area contributed by atoms with Crippen LogP contribution in [-0.4, -0.2) is 25.8 Å². The number of imidazole rings is 1. The van der Waals surface area contributed by atoms with Gasteiger partial charge in [0.2, 0.25) is 5.91 Å². The number of aryl methyl sites for hydroxylation is 1. The van der Waals surface area contributed by atoms with Crippen molar-refractivity contribution in [3.05, 3.63) is 90.1 Å². The van der Waals surface area contributed by atoms with Crippen molar-refractivity contribution in [3.63, 3.8) is 0 Å². The number of H-pyrrole nitrogens is 1. The normalized spacial score (nSPS) is 10.7. The van der Waals surface area contributed by atoms with E-state index in [1.165, 1.54) is 5.56 Å². The van der Waals surface area contributed by atoms with Crippen LogP contribution in [-0.2, 0) is 17.8 Å². The van der Waals surface area contributed by atoms with Crippen molar-refractivity contribution < 1.29 is 4.79 Å². The van der Waals surface area contributed by atoms with Gasteiger partial charge in [-0.05, 0) is 36.8 Å². The molecule has 3 aromatic heterocycles. The van der Waals surface area contributed by atoms with E-state index in [2.05, 4.69) is 39.3 Å². The lowest BCUT2D eigenvalue weighted by atomic mass is 10.1. The summed E-state index contributed by atoms with van der Waals surface area (Å²) in [5.41, 5.74) is 5.58. The number of nitrogens with one attached hydrogen (secondary N) is 2. The van der Waals surface area contributed by atoms with E-state index in [9.17, 15) is 4.79 Å². The topological polar surface area (TPSA) is 83.6 Å². The summed E-state index contributed by atoms with van der Waals surface area (Å²) in [5, 5.41) is 2.93. The fourth-order valence-corrected chi connectivity index (χ4v) is 3.05. The van der Waals surface area contributed by atoms with Crippen LogP contribution in [0.25, 0.3) is 22.6 Å². The molecule has 2 N–H and O–H groups in total. The molecule has 1 aromatic carbocycles. The first kappa shape index (κ1) is 18.6. The Labute approximate surface area is 169 Å². The van der Waals surface area contributed by atoms with Crippen molar-refractivity contribution in [1.82, 2.24) is 25.3 Å². The number of benzene rings is 1. The smallest absolute Gasteiger partial charge is 0.224 e. The van der Waals surface area contributed by atoms with Crippen LogP contribution in [0.2, 0.25) is 0 Å². The molecule has 0 bridgehead atoms. The molecule has 3 heterocycles. The second-order valence-corrected chi connectivity index (χ2v) is 6.80. The van der Waals surface area contributed by atoms with E-state index in [4.69, 9.17) is 4.98 Å². The summed E-state index contributed by atoms with van der Waals surface area (Å²) in [5.74, 6) is 0.619. The van der Waals surface area contributed by atoms with E-state index in [1.54, 1.807) is 18.6 Å². The summed E-state index contributed by atoms with van der Waals surface area (Å²) in [6, 6.07) is 17.6. The molecule has 4 rings (SSSR count). The highest BCUT2D eigenvalue weighted by Crippen LogP contribution is 2.29. The number of nitrogens with zero attached hydrogens (tertiary/aromatic N) is 3. The average Bonchev–Trinajstić information content (AvgIpc) is 3.18. The Kier molecular flexibility index (Phi) is 5.42. The molecule has 1 amide bonds. The number of carbonyl (C=O) groups is 1. The molecule has 4 aromatic rings. The number of hydrogen-bond donors (Lipinski definition) is 2. The standard InChI is InChI=1S/C23H21N5O/c1-16-5-7-18(8-6-16)22-23(19-4-2-3-11-25-19)28-20(27-22)15-26-21(29)14-17-9-12-24-13-10-17/h2-13H,14-15H2,1H3,(H,26,29)(H,27,28). The Morgan fingerprint density at radius 2 is 1.79 bits per heavy atom. The van der Waals surface area contributed by atoms with Crippen LogP contribution in [0.5, 0.6) is 0 Å². The molecule has 6 nitrogen and oxygen atoms in total. The SMILES string of the molecule is Cc1ccc(-c2nc(CNC(=O)Cc3ccncc3)[nH]c2-c2ccccn2)cc1. The van der Waals surface area contributed by atoms with Crippen LogP contribution in [0, 0.1) is 6.92 Å². The molecular weight excluding hydrogens is 362 g/mol. The number of pyridine rings is 2. The van der Waals surface area contributed by atoms with Gasteiger partial charge >= 0.3 is 0 Å². The number of hydrogen-bond acceptors (Lipinski definition) is 4. The van der Waals surface area contributed by atoms with Gasteiger partial charge < -0.3 is 10.3 Å². The lowest BCUT2D eigenvalue weighted by Crippen LogP contribution is -2.25. The molecule has 144 valence electrons. The monoisotopic (exact) mass is 383 g/mol. The average molecular weight is 383 g/mol. The molecule has 29 heavy (non-hydrogen) atoms. The second kappa shape index (κ2) is 8.48. The highest BCUT2D eigenvalue weighted by Gasteiger charge is 2.15. The van der Waals surface area contributed by atoms with Gasteiger partial charge in [-0.1, -0.05) is 35.9 Å². The van der Waals surface area contributed by atoms with E-state index < -0.39 is 0 Å². The molecule has 0 aliphatic carbocycles. The zero-order valence-corrected chi connectivity index (χ0v) is 16.1. The first-order chi connectivity index (χ1) is 14.2. The van der Waals surface area contributed by atoms with Crippen molar-refractivity contribution >= 4 is 5.91 Å². The van der Waals surface area contributed by atoms with Gasteiger partial charge in [0.15, 0.2) is 0 Å². The number of carbonyl (C=O) groups excluding carboxylic acids is 1. The lowest BCUT2D eigenvalue weighted by Gasteiger charge is -2.03. The van der Waals surface area contributed by atoms with Gasteiger partial charge in [0.1, 0.15) is 5.82 Å². The van der Waals surface area contributed by atoms with E-state index in [0.29, 0.717) is 18.8 Å². The number of aromatic nitrogens is 4. The minimum absolute atomic E-state index is 0.0659. The van der Waals surface area contributed by atoms with E-state index in [1.807, 2.05) is 42.5 Å². The number of aromatic amines is 1. The molecule has 6 heteroatoms. The quantitative estimate of drug-likeness (QED) is 0.532. The highest BCUT2D eigenvalue weighted by molar-refractivity contribution is 5.79. The molecule has 0 aliphatic heterocycles. The Hall–Kier alpha value is -3.80. The Balaban J connectivity index is 1.56.